The van der Waals surface area contributed by atoms with E-state index in [0.29, 0.717) is 16.9 Å². The summed E-state index contributed by atoms with van der Waals surface area (Å²) in [7, 11) is 0. The van der Waals surface area contributed by atoms with Crippen LogP contribution >= 0.6 is 0 Å². The Kier molecular flexibility index (Phi) is 4.89. The SMILES string of the molecule is CC(C)c1occc1C(=O)NCC(C)(C(=O)O)c1ccccc1. The van der Waals surface area contributed by atoms with Crippen LogP contribution in [0.15, 0.2) is 47.1 Å². The molecule has 23 heavy (non-hydrogen) atoms. The molecule has 1 aromatic carbocycles. The molecule has 2 aromatic rings. The third kappa shape index (κ3) is 3.44. The van der Waals surface area contributed by atoms with Crippen LogP contribution in [0.25, 0.3) is 0 Å². The van der Waals surface area contributed by atoms with Crippen LogP contribution in [0.5, 0.6) is 0 Å². The highest BCUT2D eigenvalue weighted by Gasteiger charge is 2.35. The summed E-state index contributed by atoms with van der Waals surface area (Å²) in [6.45, 7) is 5.46. The molecule has 0 bridgehead atoms. The normalized spacial score (nSPS) is 13.6. The maximum Gasteiger partial charge on any atom is 0.315 e. The third-order valence-electron chi connectivity index (χ3n) is 3.95. The number of carboxylic acids is 1. The highest BCUT2D eigenvalue weighted by Crippen LogP contribution is 2.24. The summed E-state index contributed by atoms with van der Waals surface area (Å²) in [5.74, 6) is -0.642. The predicted molar refractivity (Wildman–Crippen MR) is 86.6 cm³/mol. The molecule has 0 saturated carbocycles. The van der Waals surface area contributed by atoms with Gasteiger partial charge in [0.05, 0.1) is 11.8 Å². The molecule has 0 saturated heterocycles. The topological polar surface area (TPSA) is 79.5 Å². The summed E-state index contributed by atoms with van der Waals surface area (Å²) in [5.41, 5.74) is -0.108. The van der Waals surface area contributed by atoms with Crippen molar-refractivity contribution in [3.8, 4) is 0 Å². The van der Waals surface area contributed by atoms with Crippen LogP contribution in [0.3, 0.4) is 0 Å². The van der Waals surface area contributed by atoms with Crippen molar-refractivity contribution in [3.05, 3.63) is 59.5 Å². The van der Waals surface area contributed by atoms with Crippen LogP contribution in [0, 0.1) is 0 Å². The van der Waals surface area contributed by atoms with Gasteiger partial charge in [-0.3, -0.25) is 9.59 Å². The Hall–Kier alpha value is -2.56. The minimum atomic E-state index is -1.20. The van der Waals surface area contributed by atoms with Gasteiger partial charge < -0.3 is 14.8 Å². The second-order valence-corrected chi connectivity index (χ2v) is 6.04. The second-order valence-electron chi connectivity index (χ2n) is 6.04. The number of amides is 1. The van der Waals surface area contributed by atoms with Gasteiger partial charge in [-0.15, -0.1) is 0 Å². The Morgan fingerprint density at radius 3 is 2.43 bits per heavy atom. The van der Waals surface area contributed by atoms with Crippen LogP contribution in [-0.2, 0) is 10.2 Å². The largest absolute Gasteiger partial charge is 0.481 e. The van der Waals surface area contributed by atoms with Crippen molar-refractivity contribution in [2.24, 2.45) is 0 Å². The zero-order valence-electron chi connectivity index (χ0n) is 13.5. The van der Waals surface area contributed by atoms with Crippen LogP contribution in [0.2, 0.25) is 0 Å². The number of hydrogen-bond donors (Lipinski definition) is 2. The van der Waals surface area contributed by atoms with Crippen LogP contribution in [0.1, 0.15) is 48.4 Å². The van der Waals surface area contributed by atoms with Crippen molar-refractivity contribution in [1.29, 1.82) is 0 Å². The molecule has 0 aliphatic heterocycles. The lowest BCUT2D eigenvalue weighted by atomic mass is 9.82. The molecular formula is C18H21NO4. The Morgan fingerprint density at radius 2 is 1.87 bits per heavy atom. The van der Waals surface area contributed by atoms with E-state index in [0.717, 1.165) is 0 Å². The number of aliphatic carboxylic acids is 1. The lowest BCUT2D eigenvalue weighted by Crippen LogP contribution is -2.44. The first kappa shape index (κ1) is 16.8. The summed E-state index contributed by atoms with van der Waals surface area (Å²) < 4.78 is 5.33. The van der Waals surface area contributed by atoms with E-state index in [2.05, 4.69) is 5.32 Å². The van der Waals surface area contributed by atoms with Gasteiger partial charge in [0, 0.05) is 12.5 Å². The van der Waals surface area contributed by atoms with Gasteiger partial charge in [0.15, 0.2) is 0 Å². The summed E-state index contributed by atoms with van der Waals surface area (Å²) in [5, 5.41) is 12.3. The molecule has 0 radical (unpaired) electrons. The van der Waals surface area contributed by atoms with Gasteiger partial charge in [0.2, 0.25) is 0 Å². The molecule has 1 aromatic heterocycles. The highest BCUT2D eigenvalue weighted by molar-refractivity contribution is 5.96. The number of carbonyl (C=O) groups excluding carboxylic acids is 1. The fourth-order valence-corrected chi connectivity index (χ4v) is 2.42. The van der Waals surface area contributed by atoms with Crippen molar-refractivity contribution in [2.45, 2.75) is 32.1 Å². The van der Waals surface area contributed by atoms with Gasteiger partial charge in [0.25, 0.3) is 5.91 Å². The maximum absolute atomic E-state index is 12.4. The lowest BCUT2D eigenvalue weighted by molar-refractivity contribution is -0.142. The highest BCUT2D eigenvalue weighted by atomic mass is 16.4. The monoisotopic (exact) mass is 315 g/mol. The first-order chi connectivity index (χ1) is 10.9. The Bertz CT molecular complexity index is 690. The molecule has 2 N–H and O–H groups in total. The van der Waals surface area contributed by atoms with E-state index in [-0.39, 0.29) is 18.4 Å². The van der Waals surface area contributed by atoms with Crippen molar-refractivity contribution >= 4 is 11.9 Å². The summed E-state index contributed by atoms with van der Waals surface area (Å²) in [6.07, 6.45) is 1.47. The van der Waals surface area contributed by atoms with E-state index in [1.807, 2.05) is 19.9 Å². The number of carbonyl (C=O) groups is 2. The molecule has 1 unspecified atom stereocenters. The fourth-order valence-electron chi connectivity index (χ4n) is 2.42. The number of nitrogens with one attached hydrogen (secondary N) is 1. The summed E-state index contributed by atoms with van der Waals surface area (Å²) in [6, 6.07) is 10.5. The summed E-state index contributed by atoms with van der Waals surface area (Å²) >= 11 is 0. The van der Waals surface area contributed by atoms with E-state index >= 15 is 0 Å². The van der Waals surface area contributed by atoms with Crippen LogP contribution in [-0.4, -0.2) is 23.5 Å². The fraction of sp³-hybridized carbons (Fsp3) is 0.333. The molecule has 2 rings (SSSR count). The van der Waals surface area contributed by atoms with Crippen molar-refractivity contribution in [3.63, 3.8) is 0 Å². The number of carboxylic acid groups (broad SMARTS) is 1. The zero-order chi connectivity index (χ0) is 17.0. The van der Waals surface area contributed by atoms with E-state index in [4.69, 9.17) is 4.42 Å². The Balaban J connectivity index is 2.18. The Labute approximate surface area is 135 Å². The first-order valence-electron chi connectivity index (χ1n) is 7.50. The first-order valence-corrected chi connectivity index (χ1v) is 7.50. The van der Waals surface area contributed by atoms with Gasteiger partial charge in [-0.2, -0.15) is 0 Å². The average molecular weight is 315 g/mol. The molecule has 0 aliphatic rings. The number of rotatable bonds is 6. The van der Waals surface area contributed by atoms with Crippen molar-refractivity contribution in [1.82, 2.24) is 5.32 Å². The third-order valence-corrected chi connectivity index (χ3v) is 3.95. The molecule has 1 atom stereocenters. The standard InChI is InChI=1S/C18H21NO4/c1-12(2)15-14(9-10-23-15)16(20)19-11-18(3,17(21)22)13-7-5-4-6-8-13/h4-10,12H,11H2,1-3H3,(H,19,20)(H,21,22). The van der Waals surface area contributed by atoms with Crippen molar-refractivity contribution < 1.29 is 19.1 Å². The molecule has 5 nitrogen and oxygen atoms in total. The molecule has 0 spiro atoms. The summed E-state index contributed by atoms with van der Waals surface area (Å²) in [4.78, 5) is 24.1. The van der Waals surface area contributed by atoms with Gasteiger partial charge >= 0.3 is 5.97 Å². The molecule has 5 heteroatoms. The smallest absolute Gasteiger partial charge is 0.315 e. The number of furan rings is 1. The van der Waals surface area contributed by atoms with Gasteiger partial charge in [-0.05, 0) is 18.6 Å². The second kappa shape index (κ2) is 6.69. The minimum Gasteiger partial charge on any atom is -0.481 e. The molecule has 0 aliphatic carbocycles. The quantitative estimate of drug-likeness (QED) is 0.858. The Morgan fingerprint density at radius 1 is 1.22 bits per heavy atom. The molecule has 122 valence electrons. The predicted octanol–water partition coefficient (Wildman–Crippen LogP) is 3.18. The molecule has 1 amide bonds. The molecule has 1 heterocycles. The van der Waals surface area contributed by atoms with Crippen molar-refractivity contribution in [2.75, 3.05) is 6.54 Å². The van der Waals surface area contributed by atoms with Gasteiger partial charge in [-0.1, -0.05) is 44.2 Å². The number of benzene rings is 1. The number of hydrogen-bond acceptors (Lipinski definition) is 3. The van der Waals surface area contributed by atoms with E-state index in [1.165, 1.54) is 6.26 Å². The van der Waals surface area contributed by atoms with Crippen LogP contribution < -0.4 is 5.32 Å². The van der Waals surface area contributed by atoms with E-state index in [1.54, 1.807) is 37.3 Å². The van der Waals surface area contributed by atoms with Gasteiger partial charge in [0.1, 0.15) is 11.2 Å². The maximum atomic E-state index is 12.4. The average Bonchev–Trinajstić information content (AvgIpc) is 3.03. The van der Waals surface area contributed by atoms with Crippen LogP contribution in [0.4, 0.5) is 0 Å². The van der Waals surface area contributed by atoms with E-state index in [9.17, 15) is 14.7 Å². The molecule has 0 fully saturated rings. The lowest BCUT2D eigenvalue weighted by Gasteiger charge is -2.25. The zero-order valence-corrected chi connectivity index (χ0v) is 13.5. The minimum absolute atomic E-state index is 0.00606. The van der Waals surface area contributed by atoms with E-state index < -0.39 is 11.4 Å². The molecular weight excluding hydrogens is 294 g/mol. The van der Waals surface area contributed by atoms with Gasteiger partial charge in [-0.25, -0.2) is 0 Å².